The first-order valence-corrected chi connectivity index (χ1v) is 9.89. The number of aliphatic imine (C=N–C) groups is 1. The Labute approximate surface area is 182 Å². The highest BCUT2D eigenvalue weighted by Gasteiger charge is 2.30. The second-order valence-electron chi connectivity index (χ2n) is 5.92. The second-order valence-corrected chi connectivity index (χ2v) is 7.77. The van der Waals surface area contributed by atoms with Crippen LogP contribution in [0.15, 0.2) is 46.3 Å². The predicted molar refractivity (Wildman–Crippen MR) is 116 cm³/mol. The van der Waals surface area contributed by atoms with Gasteiger partial charge in [-0.15, -0.1) is 0 Å². The highest BCUT2D eigenvalue weighted by atomic mass is 35.5. The monoisotopic (exact) mass is 450 g/mol. The lowest BCUT2D eigenvalue weighted by Crippen LogP contribution is -2.23. The normalized spacial score (nSPS) is 16.6. The van der Waals surface area contributed by atoms with Crippen LogP contribution < -0.4 is 4.74 Å². The number of amidine groups is 1. The van der Waals surface area contributed by atoms with E-state index in [2.05, 4.69) is 9.73 Å². The largest absolute Gasteiger partial charge is 0.495 e. The first kappa shape index (κ1) is 21.2. The molecule has 1 heterocycles. The van der Waals surface area contributed by atoms with Gasteiger partial charge in [-0.1, -0.05) is 23.2 Å². The van der Waals surface area contributed by atoms with Crippen molar-refractivity contribution in [2.75, 3.05) is 21.3 Å². The molecule has 0 aliphatic carbocycles. The lowest BCUT2D eigenvalue weighted by atomic mass is 10.2. The van der Waals surface area contributed by atoms with Crippen molar-refractivity contribution in [2.24, 2.45) is 4.99 Å². The van der Waals surface area contributed by atoms with Gasteiger partial charge in [0.05, 0.1) is 35.4 Å². The Kier molecular flexibility index (Phi) is 6.52. The Hall–Kier alpha value is -2.48. The number of hydrogen-bond donors (Lipinski definition) is 0. The van der Waals surface area contributed by atoms with Crippen molar-refractivity contribution in [2.45, 2.75) is 0 Å². The zero-order valence-electron chi connectivity index (χ0n) is 15.7. The summed E-state index contributed by atoms with van der Waals surface area (Å²) in [5.74, 6) is -0.201. The first-order valence-electron chi connectivity index (χ1n) is 8.31. The van der Waals surface area contributed by atoms with E-state index in [0.717, 1.165) is 0 Å². The molecule has 6 nitrogen and oxygen atoms in total. The minimum atomic E-state index is -0.425. The van der Waals surface area contributed by atoms with Gasteiger partial charge in [-0.05, 0) is 54.2 Å². The topological polar surface area (TPSA) is 68.2 Å². The van der Waals surface area contributed by atoms with Crippen molar-refractivity contribution in [3.8, 4) is 5.75 Å². The number of carbonyl (C=O) groups is 2. The van der Waals surface area contributed by atoms with E-state index in [9.17, 15) is 9.59 Å². The molecule has 0 saturated carbocycles. The minimum absolute atomic E-state index is 0.210. The number of thioether (sulfide) groups is 1. The number of hydrogen-bond acceptors (Lipinski definition) is 6. The van der Waals surface area contributed by atoms with Gasteiger partial charge < -0.3 is 9.47 Å². The SMILES string of the molecule is COC(=O)c1ccc(N=C2S/C(=C\c3cc(Cl)cc(Cl)c3OC)C(=O)N2C)cc1. The van der Waals surface area contributed by atoms with E-state index in [4.69, 9.17) is 27.9 Å². The number of rotatable bonds is 4. The van der Waals surface area contributed by atoms with Crippen LogP contribution in [0.5, 0.6) is 5.75 Å². The fourth-order valence-electron chi connectivity index (χ4n) is 2.60. The number of carbonyl (C=O) groups excluding carboxylic acids is 2. The van der Waals surface area contributed by atoms with E-state index < -0.39 is 5.97 Å². The van der Waals surface area contributed by atoms with Gasteiger partial charge in [0.25, 0.3) is 5.91 Å². The van der Waals surface area contributed by atoms with E-state index in [0.29, 0.717) is 42.7 Å². The molecule has 2 aromatic carbocycles. The third-order valence-corrected chi connectivity index (χ3v) is 5.60. The average molecular weight is 451 g/mol. The van der Waals surface area contributed by atoms with Crippen molar-refractivity contribution in [1.29, 1.82) is 0 Å². The zero-order valence-corrected chi connectivity index (χ0v) is 18.1. The Morgan fingerprint density at radius 3 is 2.48 bits per heavy atom. The molecule has 1 saturated heterocycles. The fraction of sp³-hybridized carbons (Fsp3) is 0.150. The van der Waals surface area contributed by atoms with Crippen LogP contribution in [0.2, 0.25) is 10.0 Å². The van der Waals surface area contributed by atoms with Crippen LogP contribution in [-0.2, 0) is 9.53 Å². The number of likely N-dealkylation sites (N-methyl/N-ethyl adjacent to an activating group) is 1. The molecule has 2 aromatic rings. The van der Waals surface area contributed by atoms with Gasteiger partial charge in [-0.2, -0.15) is 0 Å². The van der Waals surface area contributed by atoms with Gasteiger partial charge in [0.2, 0.25) is 0 Å². The number of methoxy groups -OCH3 is 2. The summed E-state index contributed by atoms with van der Waals surface area (Å²) in [6.07, 6.45) is 1.67. The van der Waals surface area contributed by atoms with E-state index >= 15 is 0 Å². The summed E-state index contributed by atoms with van der Waals surface area (Å²) in [4.78, 5) is 30.6. The molecule has 0 bridgehead atoms. The van der Waals surface area contributed by atoms with Crippen LogP contribution in [0.3, 0.4) is 0 Å². The van der Waals surface area contributed by atoms with Gasteiger partial charge >= 0.3 is 5.97 Å². The van der Waals surface area contributed by atoms with Crippen molar-refractivity contribution in [3.05, 3.63) is 62.5 Å². The lowest BCUT2D eigenvalue weighted by molar-refractivity contribution is -0.121. The quantitative estimate of drug-likeness (QED) is 0.482. The number of benzene rings is 2. The summed E-state index contributed by atoms with van der Waals surface area (Å²) in [6, 6.07) is 9.84. The van der Waals surface area contributed by atoms with Gasteiger partial charge in [0, 0.05) is 17.6 Å². The highest BCUT2D eigenvalue weighted by Crippen LogP contribution is 2.38. The maximum absolute atomic E-state index is 12.7. The Balaban J connectivity index is 1.91. The number of amides is 1. The molecule has 0 unspecified atom stereocenters. The van der Waals surface area contributed by atoms with Gasteiger partial charge in [-0.25, -0.2) is 9.79 Å². The van der Waals surface area contributed by atoms with Crippen molar-refractivity contribution in [3.63, 3.8) is 0 Å². The van der Waals surface area contributed by atoms with E-state index in [-0.39, 0.29) is 5.91 Å². The zero-order chi connectivity index (χ0) is 21.1. The van der Waals surface area contributed by atoms with Gasteiger partial charge in [0.1, 0.15) is 5.75 Å². The smallest absolute Gasteiger partial charge is 0.337 e. The molecule has 3 rings (SSSR count). The summed E-state index contributed by atoms with van der Waals surface area (Å²) in [5, 5.41) is 1.29. The lowest BCUT2D eigenvalue weighted by Gasteiger charge is -2.08. The van der Waals surface area contributed by atoms with Crippen LogP contribution >= 0.6 is 35.0 Å². The first-order chi connectivity index (χ1) is 13.8. The molecule has 0 aromatic heterocycles. The molecule has 0 radical (unpaired) electrons. The van der Waals surface area contributed by atoms with E-state index in [1.54, 1.807) is 49.5 Å². The van der Waals surface area contributed by atoms with Crippen molar-refractivity contribution in [1.82, 2.24) is 4.90 Å². The fourth-order valence-corrected chi connectivity index (χ4v) is 4.16. The Bertz CT molecular complexity index is 1040. The summed E-state index contributed by atoms with van der Waals surface area (Å²) < 4.78 is 10.0. The van der Waals surface area contributed by atoms with Crippen LogP contribution in [-0.4, -0.2) is 43.2 Å². The summed E-state index contributed by atoms with van der Waals surface area (Å²) >= 11 is 13.5. The van der Waals surface area contributed by atoms with Gasteiger partial charge in [-0.3, -0.25) is 9.69 Å². The van der Waals surface area contributed by atoms with Crippen LogP contribution in [0.1, 0.15) is 15.9 Å². The molecule has 9 heteroatoms. The van der Waals surface area contributed by atoms with Crippen molar-refractivity contribution >= 4 is 63.8 Å². The van der Waals surface area contributed by atoms with Crippen molar-refractivity contribution < 1.29 is 19.1 Å². The van der Waals surface area contributed by atoms with Crippen LogP contribution in [0, 0.1) is 0 Å². The molecule has 1 amide bonds. The number of nitrogens with zero attached hydrogens (tertiary/aromatic N) is 2. The second kappa shape index (κ2) is 8.90. The molecule has 29 heavy (non-hydrogen) atoms. The molecule has 1 aliphatic heterocycles. The standard InChI is InChI=1S/C20H16Cl2N2O4S/c1-24-18(25)16(9-12-8-13(21)10-15(22)17(12)27-2)29-20(24)23-14-6-4-11(5-7-14)19(26)28-3/h4-10H,1-3H3/b16-9-,23-20?. The third-order valence-electron chi connectivity index (χ3n) is 4.04. The van der Waals surface area contributed by atoms with Crippen LogP contribution in [0.4, 0.5) is 5.69 Å². The average Bonchev–Trinajstić information content (AvgIpc) is 2.95. The molecule has 0 spiro atoms. The molecule has 1 fully saturated rings. The maximum atomic E-state index is 12.7. The molecule has 0 atom stereocenters. The third kappa shape index (κ3) is 4.58. The molecule has 0 N–H and O–H groups in total. The number of halogens is 2. The Morgan fingerprint density at radius 1 is 1.17 bits per heavy atom. The summed E-state index contributed by atoms with van der Waals surface area (Å²) in [5.41, 5.74) is 1.62. The summed E-state index contributed by atoms with van der Waals surface area (Å²) in [6.45, 7) is 0. The minimum Gasteiger partial charge on any atom is -0.495 e. The summed E-state index contributed by atoms with van der Waals surface area (Å²) in [7, 11) is 4.46. The van der Waals surface area contributed by atoms with Gasteiger partial charge in [0.15, 0.2) is 5.17 Å². The van der Waals surface area contributed by atoms with E-state index in [1.807, 2.05) is 0 Å². The van der Waals surface area contributed by atoms with E-state index in [1.165, 1.54) is 30.9 Å². The maximum Gasteiger partial charge on any atom is 0.337 e. The number of ether oxygens (including phenoxy) is 2. The molecular formula is C20H16Cl2N2O4S. The van der Waals surface area contributed by atoms with Crippen LogP contribution in [0.25, 0.3) is 6.08 Å². The Morgan fingerprint density at radius 2 is 1.86 bits per heavy atom. The number of esters is 1. The predicted octanol–water partition coefficient (Wildman–Crippen LogP) is 5.02. The molecule has 1 aliphatic rings. The molecule has 150 valence electrons. The molecular weight excluding hydrogens is 435 g/mol. The highest BCUT2D eigenvalue weighted by molar-refractivity contribution is 8.18.